The summed E-state index contributed by atoms with van der Waals surface area (Å²) >= 11 is 9.39. The van der Waals surface area contributed by atoms with Crippen molar-refractivity contribution in [3.63, 3.8) is 0 Å². The molecule has 0 fully saturated rings. The third kappa shape index (κ3) is 3.14. The number of nitrogens with one attached hydrogen (secondary N) is 1. The van der Waals surface area contributed by atoms with E-state index in [1.807, 2.05) is 26.0 Å². The second-order valence-electron chi connectivity index (χ2n) is 4.22. The molecule has 1 aromatic carbocycles. The maximum absolute atomic E-state index is 12.2. The van der Waals surface area contributed by atoms with Crippen molar-refractivity contribution in [2.45, 2.75) is 13.8 Å². The fraction of sp³-hybridized carbons (Fsp3) is 0.143. The lowest BCUT2D eigenvalue weighted by Gasteiger charge is -2.12. The summed E-state index contributed by atoms with van der Waals surface area (Å²) in [6.07, 6.45) is 3.00. The number of anilines is 1. The molecule has 0 unspecified atom stereocenters. The Balaban J connectivity index is 2.32. The predicted octanol–water partition coefficient (Wildman–Crippen LogP) is 4.37. The van der Waals surface area contributed by atoms with Gasteiger partial charge in [0.05, 0.1) is 10.6 Å². The Morgan fingerprint density at radius 1 is 1.32 bits per heavy atom. The molecular formula is C14H12BrClN2O. The molecule has 98 valence electrons. The lowest BCUT2D eigenvalue weighted by Crippen LogP contribution is -2.14. The molecule has 0 aliphatic heterocycles. The van der Waals surface area contributed by atoms with Gasteiger partial charge in [-0.3, -0.25) is 9.78 Å². The molecule has 0 bridgehead atoms. The number of halogens is 2. The van der Waals surface area contributed by atoms with E-state index in [2.05, 4.69) is 26.2 Å². The van der Waals surface area contributed by atoms with Crippen molar-refractivity contribution in [1.82, 2.24) is 4.98 Å². The highest BCUT2D eigenvalue weighted by atomic mass is 79.9. The SMILES string of the molecule is Cc1cc(Br)cc(C)c1NC(=O)c1ccncc1Cl. The van der Waals surface area contributed by atoms with E-state index in [4.69, 9.17) is 11.6 Å². The Bertz CT molecular complexity index is 620. The van der Waals surface area contributed by atoms with Crippen LogP contribution in [0, 0.1) is 13.8 Å². The summed E-state index contributed by atoms with van der Waals surface area (Å²) in [6, 6.07) is 5.51. The number of carbonyl (C=O) groups excluding carboxylic acids is 1. The number of amides is 1. The highest BCUT2D eigenvalue weighted by Gasteiger charge is 2.13. The van der Waals surface area contributed by atoms with E-state index in [1.54, 1.807) is 12.3 Å². The highest BCUT2D eigenvalue weighted by molar-refractivity contribution is 9.10. The smallest absolute Gasteiger partial charge is 0.257 e. The number of aromatic nitrogens is 1. The van der Waals surface area contributed by atoms with Gasteiger partial charge >= 0.3 is 0 Å². The highest BCUT2D eigenvalue weighted by Crippen LogP contribution is 2.26. The van der Waals surface area contributed by atoms with Crippen molar-refractivity contribution in [1.29, 1.82) is 0 Å². The second kappa shape index (κ2) is 5.72. The van der Waals surface area contributed by atoms with Crippen LogP contribution in [0.25, 0.3) is 0 Å². The molecule has 1 aromatic heterocycles. The third-order valence-electron chi connectivity index (χ3n) is 2.75. The van der Waals surface area contributed by atoms with Crippen LogP contribution in [0.15, 0.2) is 35.1 Å². The fourth-order valence-electron chi connectivity index (χ4n) is 1.85. The van der Waals surface area contributed by atoms with Crippen molar-refractivity contribution in [2.24, 2.45) is 0 Å². The van der Waals surface area contributed by atoms with Crippen LogP contribution < -0.4 is 5.32 Å². The lowest BCUT2D eigenvalue weighted by molar-refractivity contribution is 0.102. The fourth-order valence-corrected chi connectivity index (χ4v) is 2.74. The van der Waals surface area contributed by atoms with E-state index in [9.17, 15) is 4.79 Å². The number of nitrogens with zero attached hydrogens (tertiary/aromatic N) is 1. The molecule has 0 saturated heterocycles. The first-order valence-electron chi connectivity index (χ1n) is 5.66. The van der Waals surface area contributed by atoms with Crippen molar-refractivity contribution in [3.05, 3.63) is 56.8 Å². The number of carbonyl (C=O) groups is 1. The Morgan fingerprint density at radius 3 is 2.53 bits per heavy atom. The topological polar surface area (TPSA) is 42.0 Å². The lowest BCUT2D eigenvalue weighted by atomic mass is 10.1. The van der Waals surface area contributed by atoms with E-state index in [0.717, 1.165) is 21.3 Å². The van der Waals surface area contributed by atoms with Gasteiger partial charge in [-0.05, 0) is 43.2 Å². The Morgan fingerprint density at radius 2 is 1.95 bits per heavy atom. The summed E-state index contributed by atoms with van der Waals surface area (Å²) < 4.78 is 0.988. The minimum absolute atomic E-state index is 0.235. The van der Waals surface area contributed by atoms with Gasteiger partial charge in [-0.1, -0.05) is 27.5 Å². The van der Waals surface area contributed by atoms with Crippen molar-refractivity contribution >= 4 is 39.1 Å². The van der Waals surface area contributed by atoms with Crippen LogP contribution in [0.5, 0.6) is 0 Å². The zero-order valence-corrected chi connectivity index (χ0v) is 12.8. The van der Waals surface area contributed by atoms with Crippen LogP contribution in [0.2, 0.25) is 5.02 Å². The van der Waals surface area contributed by atoms with E-state index in [-0.39, 0.29) is 5.91 Å². The predicted molar refractivity (Wildman–Crippen MR) is 80.8 cm³/mol. The molecule has 2 rings (SSSR count). The standard InChI is InChI=1S/C14H12BrClN2O/c1-8-5-10(15)6-9(2)13(8)18-14(19)11-3-4-17-7-12(11)16/h3-7H,1-2H3,(H,18,19). The van der Waals surface area contributed by atoms with Crippen molar-refractivity contribution < 1.29 is 4.79 Å². The first-order chi connectivity index (χ1) is 8.99. The number of rotatable bonds is 2. The van der Waals surface area contributed by atoms with Crippen LogP contribution in [0.1, 0.15) is 21.5 Å². The average molecular weight is 340 g/mol. The van der Waals surface area contributed by atoms with Gasteiger partial charge in [0.2, 0.25) is 0 Å². The maximum atomic E-state index is 12.2. The van der Waals surface area contributed by atoms with Gasteiger partial charge in [-0.2, -0.15) is 0 Å². The van der Waals surface area contributed by atoms with E-state index in [1.165, 1.54) is 6.20 Å². The summed E-state index contributed by atoms with van der Waals surface area (Å²) in [4.78, 5) is 16.1. The molecular weight excluding hydrogens is 328 g/mol. The molecule has 3 nitrogen and oxygen atoms in total. The number of pyridine rings is 1. The molecule has 0 saturated carbocycles. The summed E-state index contributed by atoms with van der Waals surface area (Å²) in [7, 11) is 0. The summed E-state index contributed by atoms with van der Waals surface area (Å²) in [6.45, 7) is 3.89. The number of hydrogen-bond acceptors (Lipinski definition) is 2. The van der Waals surface area contributed by atoms with E-state index >= 15 is 0 Å². The van der Waals surface area contributed by atoms with E-state index in [0.29, 0.717) is 10.6 Å². The monoisotopic (exact) mass is 338 g/mol. The zero-order valence-electron chi connectivity index (χ0n) is 10.5. The molecule has 0 radical (unpaired) electrons. The van der Waals surface area contributed by atoms with Crippen molar-refractivity contribution in [3.8, 4) is 0 Å². The Hall–Kier alpha value is -1.39. The van der Waals surface area contributed by atoms with Gasteiger partial charge in [-0.15, -0.1) is 0 Å². The first kappa shape index (κ1) is 14.0. The number of aryl methyl sites for hydroxylation is 2. The third-order valence-corrected chi connectivity index (χ3v) is 3.51. The Kier molecular flexibility index (Phi) is 4.22. The minimum atomic E-state index is -0.235. The molecule has 1 N–H and O–H groups in total. The van der Waals surface area contributed by atoms with Crippen LogP contribution >= 0.6 is 27.5 Å². The van der Waals surface area contributed by atoms with Gasteiger partial charge in [0.1, 0.15) is 0 Å². The molecule has 0 aliphatic rings. The normalized spacial score (nSPS) is 10.3. The van der Waals surface area contributed by atoms with Gasteiger partial charge in [-0.25, -0.2) is 0 Å². The summed E-state index contributed by atoms with van der Waals surface area (Å²) in [5, 5.41) is 3.23. The van der Waals surface area contributed by atoms with Gasteiger partial charge < -0.3 is 5.32 Å². The molecule has 0 spiro atoms. The van der Waals surface area contributed by atoms with Crippen LogP contribution in [0.3, 0.4) is 0 Å². The van der Waals surface area contributed by atoms with Gasteiger partial charge in [0, 0.05) is 22.6 Å². The quantitative estimate of drug-likeness (QED) is 0.883. The minimum Gasteiger partial charge on any atom is -0.321 e. The Labute approximate surface area is 125 Å². The molecule has 2 aromatic rings. The maximum Gasteiger partial charge on any atom is 0.257 e. The number of hydrogen-bond donors (Lipinski definition) is 1. The van der Waals surface area contributed by atoms with Crippen LogP contribution in [-0.2, 0) is 0 Å². The van der Waals surface area contributed by atoms with E-state index < -0.39 is 0 Å². The largest absolute Gasteiger partial charge is 0.321 e. The second-order valence-corrected chi connectivity index (χ2v) is 5.55. The molecule has 1 heterocycles. The first-order valence-corrected chi connectivity index (χ1v) is 6.83. The van der Waals surface area contributed by atoms with Crippen LogP contribution in [-0.4, -0.2) is 10.9 Å². The zero-order chi connectivity index (χ0) is 14.0. The number of benzene rings is 1. The molecule has 0 aliphatic carbocycles. The van der Waals surface area contributed by atoms with Gasteiger partial charge in [0.15, 0.2) is 0 Å². The molecule has 5 heteroatoms. The van der Waals surface area contributed by atoms with Crippen molar-refractivity contribution in [2.75, 3.05) is 5.32 Å². The summed E-state index contributed by atoms with van der Waals surface area (Å²) in [5.74, 6) is -0.235. The molecule has 1 amide bonds. The van der Waals surface area contributed by atoms with Gasteiger partial charge in [0.25, 0.3) is 5.91 Å². The summed E-state index contributed by atoms with van der Waals surface area (Å²) in [5.41, 5.74) is 3.20. The average Bonchev–Trinajstić information content (AvgIpc) is 2.34. The molecule has 19 heavy (non-hydrogen) atoms. The molecule has 0 atom stereocenters. The van der Waals surface area contributed by atoms with Crippen LogP contribution in [0.4, 0.5) is 5.69 Å².